The first-order chi connectivity index (χ1) is 13.0. The number of hydrogen-bond acceptors (Lipinski definition) is 7. The summed E-state index contributed by atoms with van der Waals surface area (Å²) in [5.41, 5.74) is 0.229. The van der Waals surface area contributed by atoms with Crippen molar-refractivity contribution in [2.75, 3.05) is 46.4 Å². The van der Waals surface area contributed by atoms with Crippen molar-refractivity contribution in [3.63, 3.8) is 0 Å². The van der Waals surface area contributed by atoms with Crippen LogP contribution in [0.4, 0.5) is 4.79 Å². The van der Waals surface area contributed by atoms with Crippen molar-refractivity contribution in [1.82, 2.24) is 15.1 Å². The van der Waals surface area contributed by atoms with Crippen LogP contribution in [0.25, 0.3) is 0 Å². The molecule has 3 aliphatic heterocycles. The van der Waals surface area contributed by atoms with Gasteiger partial charge in [0.15, 0.2) is 0 Å². The molecular formula is C18H27N3O6. The molecule has 1 saturated carbocycles. The lowest BCUT2D eigenvalue weighted by atomic mass is 9.81. The summed E-state index contributed by atoms with van der Waals surface area (Å²) in [5.74, 6) is -0.253. The van der Waals surface area contributed by atoms with Crippen molar-refractivity contribution in [1.29, 1.82) is 0 Å². The van der Waals surface area contributed by atoms with E-state index in [0.29, 0.717) is 25.2 Å². The van der Waals surface area contributed by atoms with Gasteiger partial charge in [0.05, 0.1) is 30.5 Å². The Morgan fingerprint density at radius 2 is 2.11 bits per heavy atom. The van der Waals surface area contributed by atoms with Crippen LogP contribution in [0.5, 0.6) is 0 Å². The number of aliphatic hydroxyl groups is 1. The van der Waals surface area contributed by atoms with Gasteiger partial charge in [0, 0.05) is 45.7 Å². The largest absolute Gasteiger partial charge is 0.461 e. The second-order valence-electron chi connectivity index (χ2n) is 7.75. The lowest BCUT2D eigenvalue weighted by Gasteiger charge is -2.39. The third kappa shape index (κ3) is 3.17. The summed E-state index contributed by atoms with van der Waals surface area (Å²) in [6.45, 7) is 5.51. The Labute approximate surface area is 158 Å². The standard InChI is InChI=1S/C18H27N3O6/c1-18-13(27-18)9-11-12(10-25-16(14(11)18)26-17(24)19-2)15(23)21-5-3-20(4-6-21)7-8-22/h10-11,13-14,16,22H,3-9H2,1-2H3,(H,19,24). The van der Waals surface area contributed by atoms with Gasteiger partial charge in [-0.3, -0.25) is 9.69 Å². The monoisotopic (exact) mass is 381 g/mol. The molecule has 0 radical (unpaired) electrons. The second kappa shape index (κ2) is 6.96. The van der Waals surface area contributed by atoms with Gasteiger partial charge in [-0.15, -0.1) is 0 Å². The number of aliphatic hydroxyl groups excluding tert-OH is 1. The Morgan fingerprint density at radius 1 is 1.37 bits per heavy atom. The molecule has 0 aromatic carbocycles. The maximum Gasteiger partial charge on any atom is 0.409 e. The molecule has 1 aliphatic carbocycles. The number of rotatable bonds is 4. The molecule has 0 bridgehead atoms. The number of amides is 2. The van der Waals surface area contributed by atoms with Crippen LogP contribution in [0.2, 0.25) is 0 Å². The number of hydrogen-bond donors (Lipinski definition) is 2. The van der Waals surface area contributed by atoms with Crippen LogP contribution in [0.15, 0.2) is 11.8 Å². The highest BCUT2D eigenvalue weighted by Crippen LogP contribution is 2.61. The first-order valence-electron chi connectivity index (χ1n) is 9.52. The van der Waals surface area contributed by atoms with Crippen LogP contribution in [0, 0.1) is 11.8 Å². The Hall–Kier alpha value is -1.84. The Kier molecular flexibility index (Phi) is 4.77. The van der Waals surface area contributed by atoms with Crippen LogP contribution in [0.3, 0.4) is 0 Å². The van der Waals surface area contributed by atoms with Crippen molar-refractivity contribution in [3.8, 4) is 0 Å². The van der Waals surface area contributed by atoms with Gasteiger partial charge in [0.1, 0.15) is 5.60 Å². The molecule has 2 saturated heterocycles. The minimum atomic E-state index is -0.759. The molecule has 9 nitrogen and oxygen atoms in total. The average molecular weight is 381 g/mol. The van der Waals surface area contributed by atoms with Crippen LogP contribution >= 0.6 is 0 Å². The first kappa shape index (κ1) is 18.5. The van der Waals surface area contributed by atoms with Gasteiger partial charge in [-0.25, -0.2) is 4.79 Å². The molecule has 9 heteroatoms. The summed E-state index contributed by atoms with van der Waals surface area (Å²) in [6.07, 6.45) is 0.966. The zero-order valence-electron chi connectivity index (χ0n) is 15.7. The number of carbonyl (C=O) groups excluding carboxylic acids is 2. The highest BCUT2D eigenvalue weighted by molar-refractivity contribution is 5.94. The first-order valence-corrected chi connectivity index (χ1v) is 9.52. The quantitative estimate of drug-likeness (QED) is 0.634. The predicted molar refractivity (Wildman–Crippen MR) is 93.5 cm³/mol. The molecule has 27 heavy (non-hydrogen) atoms. The number of carbonyl (C=O) groups is 2. The Balaban J connectivity index is 1.47. The van der Waals surface area contributed by atoms with Crippen LogP contribution in [-0.2, 0) is 19.0 Å². The maximum absolute atomic E-state index is 13.1. The molecule has 4 aliphatic rings. The van der Waals surface area contributed by atoms with Gasteiger partial charge < -0.3 is 29.5 Å². The van der Waals surface area contributed by atoms with E-state index >= 15 is 0 Å². The topological polar surface area (TPSA) is 104 Å². The summed E-state index contributed by atoms with van der Waals surface area (Å²) >= 11 is 0. The van der Waals surface area contributed by atoms with E-state index < -0.39 is 18.0 Å². The molecule has 2 amide bonds. The number of nitrogens with one attached hydrogen (secondary N) is 1. The SMILES string of the molecule is CNC(=O)OC1OC=C(C(=O)N2CCN(CCO)CC2)C2CC3OC3(C)C12. The average Bonchev–Trinajstić information content (AvgIpc) is 3.23. The smallest absolute Gasteiger partial charge is 0.409 e. The summed E-state index contributed by atoms with van der Waals surface area (Å²) in [7, 11) is 1.50. The molecule has 4 rings (SSSR count). The predicted octanol–water partition coefficient (Wildman–Crippen LogP) is -0.487. The lowest BCUT2D eigenvalue weighted by Crippen LogP contribution is -2.51. The number of fused-ring (bicyclic) bond motifs is 3. The number of β-amino-alcohol motifs (C(OH)–C–C–N with tert-alkyl or cyclic N) is 1. The molecule has 0 spiro atoms. The van der Waals surface area contributed by atoms with Gasteiger partial charge in [-0.2, -0.15) is 0 Å². The normalized spacial score (nSPS) is 37.6. The highest BCUT2D eigenvalue weighted by atomic mass is 16.7. The summed E-state index contributed by atoms with van der Waals surface area (Å²) < 4.78 is 16.9. The summed E-state index contributed by atoms with van der Waals surface area (Å²) in [5, 5.41) is 11.5. The van der Waals surface area contributed by atoms with E-state index in [2.05, 4.69) is 10.2 Å². The maximum atomic E-state index is 13.1. The zero-order chi connectivity index (χ0) is 19.2. The van der Waals surface area contributed by atoms with E-state index in [1.807, 2.05) is 11.8 Å². The number of ether oxygens (including phenoxy) is 3. The highest BCUT2D eigenvalue weighted by Gasteiger charge is 2.71. The number of nitrogens with zero attached hydrogens (tertiary/aromatic N) is 2. The molecule has 5 atom stereocenters. The fourth-order valence-corrected chi connectivity index (χ4v) is 4.69. The zero-order valence-corrected chi connectivity index (χ0v) is 15.7. The van der Waals surface area contributed by atoms with Gasteiger partial charge in [0.2, 0.25) is 0 Å². The van der Waals surface area contributed by atoms with E-state index in [-0.39, 0.29) is 30.5 Å². The van der Waals surface area contributed by atoms with Gasteiger partial charge in [-0.05, 0) is 13.3 Å². The molecule has 2 N–H and O–H groups in total. The van der Waals surface area contributed by atoms with E-state index in [1.54, 1.807) is 0 Å². The minimum Gasteiger partial charge on any atom is -0.461 e. The van der Waals surface area contributed by atoms with Crippen molar-refractivity contribution >= 4 is 12.0 Å². The Morgan fingerprint density at radius 3 is 2.78 bits per heavy atom. The van der Waals surface area contributed by atoms with Crippen LogP contribution < -0.4 is 5.32 Å². The number of alkyl carbamates (subject to hydrolysis) is 1. The minimum absolute atomic E-state index is 0.0167. The van der Waals surface area contributed by atoms with E-state index in [9.17, 15) is 9.59 Å². The summed E-state index contributed by atoms with van der Waals surface area (Å²) in [4.78, 5) is 28.8. The molecule has 0 aromatic rings. The Bertz CT molecular complexity index is 647. The fourth-order valence-electron chi connectivity index (χ4n) is 4.69. The van der Waals surface area contributed by atoms with Gasteiger partial charge >= 0.3 is 6.09 Å². The lowest BCUT2D eigenvalue weighted by molar-refractivity contribution is -0.146. The molecule has 3 fully saturated rings. The number of piperazine rings is 1. The number of epoxide rings is 1. The summed E-state index contributed by atoms with van der Waals surface area (Å²) in [6, 6.07) is 0. The van der Waals surface area contributed by atoms with Gasteiger partial charge in [0.25, 0.3) is 12.2 Å². The molecule has 5 unspecified atom stereocenters. The van der Waals surface area contributed by atoms with Crippen LogP contribution in [0.1, 0.15) is 13.3 Å². The molecule has 0 aromatic heterocycles. The van der Waals surface area contributed by atoms with Crippen molar-refractivity contribution in [2.24, 2.45) is 11.8 Å². The van der Waals surface area contributed by atoms with Crippen LogP contribution in [-0.4, -0.2) is 91.3 Å². The second-order valence-corrected chi connectivity index (χ2v) is 7.75. The molecular weight excluding hydrogens is 354 g/mol. The van der Waals surface area contributed by atoms with Crippen molar-refractivity contribution in [2.45, 2.75) is 31.3 Å². The molecule has 150 valence electrons. The molecule has 3 heterocycles. The van der Waals surface area contributed by atoms with Gasteiger partial charge in [-0.1, -0.05) is 0 Å². The van der Waals surface area contributed by atoms with Crippen molar-refractivity contribution < 1.29 is 28.9 Å². The van der Waals surface area contributed by atoms with E-state index in [1.165, 1.54) is 13.3 Å². The van der Waals surface area contributed by atoms with Crippen molar-refractivity contribution in [3.05, 3.63) is 11.8 Å². The third-order valence-electron chi connectivity index (χ3n) is 6.31. The third-order valence-corrected chi connectivity index (χ3v) is 6.31. The fraction of sp³-hybridized carbons (Fsp3) is 0.778. The van der Waals surface area contributed by atoms with E-state index in [0.717, 1.165) is 19.5 Å². The van der Waals surface area contributed by atoms with E-state index in [4.69, 9.17) is 19.3 Å².